The fraction of sp³-hybridized carbons (Fsp3) is 0.0625. The Morgan fingerprint density at radius 2 is 1.24 bits per heavy atom. The van der Waals surface area contributed by atoms with Crippen molar-refractivity contribution in [3.8, 4) is 28.0 Å². The molecule has 1 unspecified atom stereocenters. The summed E-state index contributed by atoms with van der Waals surface area (Å²) in [6.07, 6.45) is 0. The third-order valence-corrected chi connectivity index (χ3v) is 7.15. The van der Waals surface area contributed by atoms with Crippen LogP contribution in [-0.4, -0.2) is 7.11 Å². The Balaban J connectivity index is 1.70. The van der Waals surface area contributed by atoms with Gasteiger partial charge in [0.25, 0.3) is 0 Å². The minimum absolute atomic E-state index is 0.436. The molecule has 0 fully saturated rings. The summed E-state index contributed by atoms with van der Waals surface area (Å²) in [6, 6.07) is 42.9. The highest BCUT2D eigenvalue weighted by Gasteiger charge is 2.46. The van der Waals surface area contributed by atoms with Crippen LogP contribution >= 0.6 is 11.6 Å². The quantitative estimate of drug-likeness (QED) is 0.258. The molecule has 5 aromatic carbocycles. The molecule has 0 aliphatic heterocycles. The summed E-state index contributed by atoms with van der Waals surface area (Å²) >= 11 is 6.34. The summed E-state index contributed by atoms with van der Waals surface area (Å²) in [5.41, 5.74) is 9.31. The van der Waals surface area contributed by atoms with Crippen LogP contribution in [0.3, 0.4) is 0 Å². The van der Waals surface area contributed by atoms with E-state index in [2.05, 4.69) is 103 Å². The second-order valence-electron chi connectivity index (χ2n) is 8.66. The van der Waals surface area contributed by atoms with Gasteiger partial charge in [-0.1, -0.05) is 103 Å². The number of methoxy groups -OCH3 is 1. The first kappa shape index (κ1) is 20.8. The van der Waals surface area contributed by atoms with Crippen LogP contribution in [0.15, 0.2) is 121 Å². The minimum atomic E-state index is -0.436. The maximum Gasteiger partial charge on any atom is 0.119 e. The van der Waals surface area contributed by atoms with Gasteiger partial charge in [0.1, 0.15) is 5.75 Å². The Morgan fingerprint density at radius 3 is 2.03 bits per heavy atom. The molecule has 34 heavy (non-hydrogen) atoms. The van der Waals surface area contributed by atoms with Crippen molar-refractivity contribution in [2.24, 2.45) is 0 Å². The largest absolute Gasteiger partial charge is 0.497 e. The Kier molecular flexibility index (Phi) is 5.01. The summed E-state index contributed by atoms with van der Waals surface area (Å²) in [6.45, 7) is 0. The number of ether oxygens (including phenoxy) is 1. The molecule has 6 rings (SSSR count). The molecule has 164 valence electrons. The van der Waals surface area contributed by atoms with Crippen molar-refractivity contribution in [3.63, 3.8) is 0 Å². The van der Waals surface area contributed by atoms with E-state index in [1.54, 1.807) is 7.11 Å². The van der Waals surface area contributed by atoms with Gasteiger partial charge in [0.05, 0.1) is 12.5 Å². The van der Waals surface area contributed by atoms with Crippen molar-refractivity contribution in [1.82, 2.24) is 0 Å². The minimum Gasteiger partial charge on any atom is -0.497 e. The Bertz CT molecular complexity index is 1510. The lowest BCUT2D eigenvalue weighted by atomic mass is 9.67. The molecule has 1 aliphatic rings. The fourth-order valence-electron chi connectivity index (χ4n) is 5.47. The molecule has 0 spiro atoms. The predicted molar refractivity (Wildman–Crippen MR) is 141 cm³/mol. The standard InChI is InChI=1S/C32H23ClO/c1-34-27-17-18-31-29(21-27)28-15-5-6-16-30(28)32(31,24-11-3-2-4-12-24)25-13-7-9-22(19-25)23-10-8-14-26(33)20-23/h2-21H,1H3. The van der Waals surface area contributed by atoms with Crippen LogP contribution in [0.1, 0.15) is 22.3 Å². The lowest BCUT2D eigenvalue weighted by molar-refractivity contribution is 0.415. The first-order valence-electron chi connectivity index (χ1n) is 11.4. The van der Waals surface area contributed by atoms with Crippen molar-refractivity contribution in [1.29, 1.82) is 0 Å². The van der Waals surface area contributed by atoms with E-state index in [0.29, 0.717) is 0 Å². The van der Waals surface area contributed by atoms with Gasteiger partial charge in [-0.05, 0) is 74.8 Å². The summed E-state index contributed by atoms with van der Waals surface area (Å²) in [5, 5.41) is 0.740. The topological polar surface area (TPSA) is 9.23 Å². The average Bonchev–Trinajstić information content (AvgIpc) is 3.20. The smallest absolute Gasteiger partial charge is 0.119 e. The van der Waals surface area contributed by atoms with Crippen LogP contribution < -0.4 is 4.74 Å². The number of benzene rings is 5. The molecule has 0 saturated carbocycles. The van der Waals surface area contributed by atoms with Crippen molar-refractivity contribution in [2.45, 2.75) is 5.41 Å². The van der Waals surface area contributed by atoms with Crippen LogP contribution in [0.4, 0.5) is 0 Å². The van der Waals surface area contributed by atoms with E-state index in [0.717, 1.165) is 21.9 Å². The van der Waals surface area contributed by atoms with E-state index in [9.17, 15) is 0 Å². The second kappa shape index (κ2) is 8.20. The van der Waals surface area contributed by atoms with Crippen molar-refractivity contribution >= 4 is 11.6 Å². The van der Waals surface area contributed by atoms with E-state index >= 15 is 0 Å². The summed E-state index contributed by atoms with van der Waals surface area (Å²) < 4.78 is 5.61. The Morgan fingerprint density at radius 1 is 0.559 bits per heavy atom. The maximum atomic E-state index is 6.34. The van der Waals surface area contributed by atoms with Crippen LogP contribution in [0.25, 0.3) is 22.3 Å². The van der Waals surface area contributed by atoms with Crippen molar-refractivity contribution in [2.75, 3.05) is 7.11 Å². The van der Waals surface area contributed by atoms with Crippen molar-refractivity contribution in [3.05, 3.63) is 149 Å². The Labute approximate surface area is 205 Å². The summed E-state index contributed by atoms with van der Waals surface area (Å²) in [7, 11) is 1.72. The SMILES string of the molecule is COc1ccc2c(c1)-c1ccccc1C2(c1ccccc1)c1cccc(-c2cccc(Cl)c2)c1. The van der Waals surface area contributed by atoms with Gasteiger partial charge < -0.3 is 4.74 Å². The average molecular weight is 459 g/mol. The first-order chi connectivity index (χ1) is 16.7. The highest BCUT2D eigenvalue weighted by molar-refractivity contribution is 6.30. The van der Waals surface area contributed by atoms with Gasteiger partial charge in [-0.3, -0.25) is 0 Å². The molecule has 0 saturated heterocycles. The predicted octanol–water partition coefficient (Wildman–Crippen LogP) is 8.38. The second-order valence-corrected chi connectivity index (χ2v) is 9.10. The maximum absolute atomic E-state index is 6.34. The molecule has 0 radical (unpaired) electrons. The number of fused-ring (bicyclic) bond motifs is 3. The Hall–Kier alpha value is -3.81. The monoisotopic (exact) mass is 458 g/mol. The molecule has 0 aromatic heterocycles. The lowest BCUT2D eigenvalue weighted by Crippen LogP contribution is -2.28. The molecule has 1 aliphatic carbocycles. The van der Waals surface area contributed by atoms with Crippen LogP contribution in [0.5, 0.6) is 5.75 Å². The van der Waals surface area contributed by atoms with E-state index in [4.69, 9.17) is 16.3 Å². The zero-order chi connectivity index (χ0) is 23.1. The van der Waals surface area contributed by atoms with E-state index in [1.807, 2.05) is 18.2 Å². The normalized spacial score (nSPS) is 16.1. The number of rotatable bonds is 4. The third kappa shape index (κ3) is 3.09. The number of hydrogen-bond acceptors (Lipinski definition) is 1. The van der Waals surface area contributed by atoms with E-state index in [-0.39, 0.29) is 0 Å². The molecule has 1 atom stereocenters. The highest BCUT2D eigenvalue weighted by Crippen LogP contribution is 2.56. The zero-order valence-corrected chi connectivity index (χ0v) is 19.6. The zero-order valence-electron chi connectivity index (χ0n) is 18.8. The van der Waals surface area contributed by atoms with Gasteiger partial charge in [0.2, 0.25) is 0 Å². The molecule has 5 aromatic rings. The summed E-state index contributed by atoms with van der Waals surface area (Å²) in [4.78, 5) is 0. The van der Waals surface area contributed by atoms with Crippen molar-refractivity contribution < 1.29 is 4.74 Å². The lowest BCUT2D eigenvalue weighted by Gasteiger charge is -2.34. The fourth-order valence-corrected chi connectivity index (χ4v) is 5.66. The number of hydrogen-bond donors (Lipinski definition) is 0. The molecule has 0 heterocycles. The molecule has 2 heteroatoms. The van der Waals surface area contributed by atoms with Gasteiger partial charge >= 0.3 is 0 Å². The van der Waals surface area contributed by atoms with Gasteiger partial charge in [0, 0.05) is 5.02 Å². The van der Waals surface area contributed by atoms with Crippen LogP contribution in [0, 0.1) is 0 Å². The molecule has 0 bridgehead atoms. The molecule has 1 nitrogen and oxygen atoms in total. The molecular weight excluding hydrogens is 436 g/mol. The van der Waals surface area contributed by atoms with Gasteiger partial charge in [-0.2, -0.15) is 0 Å². The van der Waals surface area contributed by atoms with Crippen LogP contribution in [0.2, 0.25) is 5.02 Å². The molecule has 0 N–H and O–H groups in total. The first-order valence-corrected chi connectivity index (χ1v) is 11.8. The van der Waals surface area contributed by atoms with E-state index < -0.39 is 5.41 Å². The summed E-state index contributed by atoms with van der Waals surface area (Å²) in [5.74, 6) is 0.866. The molecular formula is C32H23ClO. The van der Waals surface area contributed by atoms with Gasteiger partial charge in [-0.25, -0.2) is 0 Å². The molecule has 0 amide bonds. The van der Waals surface area contributed by atoms with Gasteiger partial charge in [0.15, 0.2) is 0 Å². The van der Waals surface area contributed by atoms with Gasteiger partial charge in [-0.15, -0.1) is 0 Å². The highest BCUT2D eigenvalue weighted by atomic mass is 35.5. The van der Waals surface area contributed by atoms with Crippen LogP contribution in [-0.2, 0) is 5.41 Å². The third-order valence-electron chi connectivity index (χ3n) is 6.91. The number of halogens is 1. The van der Waals surface area contributed by atoms with E-state index in [1.165, 1.54) is 33.4 Å².